The van der Waals surface area contributed by atoms with Crippen molar-refractivity contribution >= 4 is 23.5 Å². The molecule has 2 atom stereocenters. The lowest BCUT2D eigenvalue weighted by Crippen LogP contribution is -2.54. The quantitative estimate of drug-likeness (QED) is 0.391. The van der Waals surface area contributed by atoms with Gasteiger partial charge in [0.2, 0.25) is 0 Å². The molecule has 2 aliphatic rings. The number of thiazole rings is 1. The predicted molar refractivity (Wildman–Crippen MR) is 144 cm³/mol. The van der Waals surface area contributed by atoms with Crippen LogP contribution in [0.2, 0.25) is 0 Å². The summed E-state index contributed by atoms with van der Waals surface area (Å²) in [6.07, 6.45) is 5.71. The van der Waals surface area contributed by atoms with Crippen LogP contribution in [-0.2, 0) is 6.42 Å². The van der Waals surface area contributed by atoms with Gasteiger partial charge in [0.15, 0.2) is 10.8 Å². The van der Waals surface area contributed by atoms with Crippen molar-refractivity contribution < 1.29 is 9.84 Å². The molecule has 1 fully saturated rings. The molecule has 1 aromatic carbocycles. The second kappa shape index (κ2) is 10.1. The average molecular weight is 508 g/mol. The Morgan fingerprint density at radius 2 is 2.06 bits per heavy atom. The molecule has 2 unspecified atom stereocenters. The summed E-state index contributed by atoms with van der Waals surface area (Å²) in [5.41, 5.74) is 9.58. The fourth-order valence-electron chi connectivity index (χ4n) is 4.54. The smallest absolute Gasteiger partial charge is 0.185 e. The fourth-order valence-corrected chi connectivity index (χ4v) is 5.54. The largest absolute Gasteiger partial charge is 0.492 e. The van der Waals surface area contributed by atoms with Crippen LogP contribution in [0.15, 0.2) is 40.6 Å². The number of amidine groups is 1. The van der Waals surface area contributed by atoms with E-state index in [0.29, 0.717) is 18.5 Å². The van der Waals surface area contributed by atoms with Gasteiger partial charge in [-0.3, -0.25) is 14.6 Å². The molecular weight excluding hydrogens is 474 g/mol. The van der Waals surface area contributed by atoms with Gasteiger partial charge in [-0.2, -0.15) is 5.10 Å². The highest BCUT2D eigenvalue weighted by molar-refractivity contribution is 7.14. The number of aliphatic imine (C=N–C) groups is 2. The van der Waals surface area contributed by atoms with Gasteiger partial charge < -0.3 is 15.6 Å². The molecule has 4 heterocycles. The lowest BCUT2D eigenvalue weighted by molar-refractivity contribution is 0.000174. The third-order valence-electron chi connectivity index (χ3n) is 6.76. The van der Waals surface area contributed by atoms with Crippen molar-refractivity contribution in [3.8, 4) is 28.1 Å². The molecule has 2 aromatic heterocycles. The molecule has 1 saturated heterocycles. The van der Waals surface area contributed by atoms with Crippen molar-refractivity contribution in [2.45, 2.75) is 58.3 Å². The van der Waals surface area contributed by atoms with Gasteiger partial charge in [-0.15, -0.1) is 11.3 Å². The average Bonchev–Trinajstić information content (AvgIpc) is 3.42. The number of fused-ring (bicyclic) bond motifs is 3. The van der Waals surface area contributed by atoms with Crippen molar-refractivity contribution in [1.82, 2.24) is 19.7 Å². The molecule has 0 aliphatic carbocycles. The van der Waals surface area contributed by atoms with Crippen LogP contribution in [0.4, 0.5) is 0 Å². The Labute approximate surface area is 215 Å². The molecule has 10 heteroatoms. The third-order valence-corrected chi connectivity index (χ3v) is 7.87. The van der Waals surface area contributed by atoms with Crippen molar-refractivity contribution in [1.29, 1.82) is 0 Å². The van der Waals surface area contributed by atoms with Gasteiger partial charge in [-0.25, -0.2) is 9.98 Å². The third kappa shape index (κ3) is 4.80. The first-order valence-electron chi connectivity index (χ1n) is 12.4. The molecule has 2 aliphatic heterocycles. The van der Waals surface area contributed by atoms with Gasteiger partial charge in [-0.1, -0.05) is 6.07 Å². The zero-order valence-electron chi connectivity index (χ0n) is 21.1. The second-order valence-electron chi connectivity index (χ2n) is 9.72. The van der Waals surface area contributed by atoms with E-state index in [1.54, 1.807) is 11.3 Å². The summed E-state index contributed by atoms with van der Waals surface area (Å²) in [5, 5.41) is 15.2. The molecule has 0 radical (unpaired) electrons. The Bertz CT molecular complexity index is 1290. The SMILES string of the molecule is CC(C)N=C(N=CN)c1nc2c(s1)CCOc1cc(-c3cnn(C4CN(C(C)C(C)O)C4)c3)ccc1-2. The van der Waals surface area contributed by atoms with Crippen LogP contribution >= 0.6 is 11.3 Å². The zero-order valence-corrected chi connectivity index (χ0v) is 21.9. The zero-order chi connectivity index (χ0) is 25.4. The molecule has 36 heavy (non-hydrogen) atoms. The highest BCUT2D eigenvalue weighted by Gasteiger charge is 2.33. The first-order valence-corrected chi connectivity index (χ1v) is 13.2. The topological polar surface area (TPSA) is 114 Å². The van der Waals surface area contributed by atoms with E-state index in [1.807, 2.05) is 31.6 Å². The Morgan fingerprint density at radius 3 is 2.78 bits per heavy atom. The minimum Gasteiger partial charge on any atom is -0.492 e. The van der Waals surface area contributed by atoms with Gasteiger partial charge in [0.05, 0.1) is 37.0 Å². The second-order valence-corrected chi connectivity index (χ2v) is 10.8. The van der Waals surface area contributed by atoms with Crippen molar-refractivity contribution in [2.24, 2.45) is 15.7 Å². The summed E-state index contributed by atoms with van der Waals surface area (Å²) >= 11 is 1.60. The maximum Gasteiger partial charge on any atom is 0.185 e. The molecule has 3 aromatic rings. The Hall–Kier alpha value is -3.08. The number of hydrogen-bond donors (Lipinski definition) is 2. The number of rotatable bonds is 6. The summed E-state index contributed by atoms with van der Waals surface area (Å²) in [4.78, 5) is 17.2. The summed E-state index contributed by atoms with van der Waals surface area (Å²) in [6, 6.07) is 6.83. The minimum atomic E-state index is -0.338. The summed E-state index contributed by atoms with van der Waals surface area (Å²) in [6.45, 7) is 10.3. The number of nitrogens with two attached hydrogens (primary N) is 1. The highest BCUT2D eigenvalue weighted by Crippen LogP contribution is 2.40. The minimum absolute atomic E-state index is 0.0937. The van der Waals surface area contributed by atoms with Crippen molar-refractivity contribution in [3.63, 3.8) is 0 Å². The van der Waals surface area contributed by atoms with Crippen molar-refractivity contribution in [3.05, 3.63) is 40.5 Å². The number of benzene rings is 1. The number of aromatic nitrogens is 3. The van der Waals surface area contributed by atoms with Gasteiger partial charge in [0, 0.05) is 53.8 Å². The van der Waals surface area contributed by atoms with E-state index < -0.39 is 0 Å². The number of ether oxygens (including phenoxy) is 1. The summed E-state index contributed by atoms with van der Waals surface area (Å²) in [7, 11) is 0. The number of nitrogens with zero attached hydrogens (tertiary/aromatic N) is 6. The molecule has 3 N–H and O–H groups in total. The first kappa shape index (κ1) is 24.6. The van der Waals surface area contributed by atoms with Gasteiger partial charge in [-0.05, 0) is 45.4 Å². The first-order chi connectivity index (χ1) is 17.3. The van der Waals surface area contributed by atoms with E-state index in [2.05, 4.69) is 51.3 Å². The van der Waals surface area contributed by atoms with Crippen LogP contribution in [0.3, 0.4) is 0 Å². The Balaban J connectivity index is 1.39. The van der Waals surface area contributed by atoms with E-state index in [1.165, 1.54) is 6.34 Å². The van der Waals surface area contributed by atoms with E-state index >= 15 is 0 Å². The van der Waals surface area contributed by atoms with Crippen LogP contribution in [0.1, 0.15) is 43.6 Å². The van der Waals surface area contributed by atoms with Crippen LogP contribution < -0.4 is 10.5 Å². The van der Waals surface area contributed by atoms with Crippen LogP contribution in [0, 0.1) is 0 Å². The predicted octanol–water partition coefficient (Wildman–Crippen LogP) is 3.38. The number of aliphatic hydroxyl groups excluding tert-OH is 1. The summed E-state index contributed by atoms with van der Waals surface area (Å²) in [5.74, 6) is 1.38. The number of likely N-dealkylation sites (tertiary alicyclic amines) is 1. The molecule has 0 spiro atoms. The van der Waals surface area contributed by atoms with E-state index in [9.17, 15) is 5.11 Å². The maximum absolute atomic E-state index is 9.83. The molecule has 190 valence electrons. The Kier molecular flexibility index (Phi) is 6.92. The summed E-state index contributed by atoms with van der Waals surface area (Å²) < 4.78 is 8.18. The molecule has 5 rings (SSSR count). The fraction of sp³-hybridized carbons (Fsp3) is 0.462. The van der Waals surface area contributed by atoms with Gasteiger partial charge >= 0.3 is 0 Å². The lowest BCUT2D eigenvalue weighted by atomic mass is 10.0. The molecule has 0 amide bonds. The van der Waals surface area contributed by atoms with Crippen LogP contribution in [-0.4, -0.2) is 74.8 Å². The highest BCUT2D eigenvalue weighted by atomic mass is 32.1. The Morgan fingerprint density at radius 1 is 1.25 bits per heavy atom. The lowest BCUT2D eigenvalue weighted by Gasteiger charge is -2.44. The maximum atomic E-state index is 9.83. The molecular formula is C26H33N7O2S. The van der Waals surface area contributed by atoms with Crippen molar-refractivity contribution in [2.75, 3.05) is 19.7 Å². The van der Waals surface area contributed by atoms with Crippen LogP contribution in [0.5, 0.6) is 5.75 Å². The molecule has 9 nitrogen and oxygen atoms in total. The number of hydrogen-bond acceptors (Lipinski definition) is 7. The monoisotopic (exact) mass is 507 g/mol. The normalized spacial score (nSPS) is 18.4. The van der Waals surface area contributed by atoms with E-state index in [0.717, 1.165) is 57.5 Å². The molecule has 0 saturated carbocycles. The van der Waals surface area contributed by atoms with E-state index in [4.69, 9.17) is 15.5 Å². The standard InChI is InChI=1S/C26H33N7O2S/c1-15(2)30-25(28-14-27)26-31-24-21-6-5-18(9-22(21)35-8-7-23(24)36-26)19-10-29-33(11-19)20-12-32(13-20)16(3)17(4)34/h5-6,9-11,14-17,20,34H,7-8,12-13H2,1-4H3,(H2,27,28,30). The molecule has 0 bridgehead atoms. The van der Waals surface area contributed by atoms with Crippen LogP contribution in [0.25, 0.3) is 22.4 Å². The number of aliphatic hydroxyl groups is 1. The van der Waals surface area contributed by atoms with Gasteiger partial charge in [0.25, 0.3) is 0 Å². The van der Waals surface area contributed by atoms with E-state index in [-0.39, 0.29) is 18.2 Å². The van der Waals surface area contributed by atoms with Gasteiger partial charge in [0.1, 0.15) is 5.75 Å².